The van der Waals surface area contributed by atoms with E-state index in [1.54, 1.807) is 4.90 Å². The van der Waals surface area contributed by atoms with Gasteiger partial charge in [0.2, 0.25) is 0 Å². The molecule has 1 fully saturated rings. The number of morpholine rings is 1. The van der Waals surface area contributed by atoms with Crippen LogP contribution in [0.5, 0.6) is 0 Å². The number of carbonyl (C=O) groups excluding carboxylic acids is 1. The summed E-state index contributed by atoms with van der Waals surface area (Å²) in [7, 11) is 1.51. The Balaban J connectivity index is 2.70. The second-order valence-corrected chi connectivity index (χ2v) is 4.55. The first-order valence-electron chi connectivity index (χ1n) is 5.72. The van der Waals surface area contributed by atoms with Crippen molar-refractivity contribution in [2.75, 3.05) is 20.2 Å². The molecule has 1 aliphatic heterocycles. The summed E-state index contributed by atoms with van der Waals surface area (Å²) in [4.78, 5) is 25.9. The Kier molecular flexibility index (Phi) is 4.34. The maximum absolute atomic E-state index is 12.1. The number of aliphatic carboxylic acids is 1. The molecule has 1 heterocycles. The van der Waals surface area contributed by atoms with E-state index < -0.39 is 12.0 Å². The van der Waals surface area contributed by atoms with Gasteiger partial charge in [-0.2, -0.15) is 0 Å². The van der Waals surface area contributed by atoms with E-state index in [9.17, 15) is 9.59 Å². The fourth-order valence-electron chi connectivity index (χ4n) is 1.70. The topological polar surface area (TPSA) is 70.1 Å². The Morgan fingerprint density at radius 1 is 1.47 bits per heavy atom. The summed E-state index contributed by atoms with van der Waals surface area (Å²) in [5.41, 5.74) is 0. The first-order chi connectivity index (χ1) is 7.84. The molecule has 0 aromatic carbocycles. The summed E-state index contributed by atoms with van der Waals surface area (Å²) >= 11 is 0. The third-order valence-electron chi connectivity index (χ3n) is 3.09. The highest BCUT2D eigenvalue weighted by atomic mass is 16.5. The Labute approximate surface area is 101 Å². The van der Waals surface area contributed by atoms with Crippen LogP contribution in [0.2, 0.25) is 0 Å². The van der Waals surface area contributed by atoms with Crippen molar-refractivity contribution < 1.29 is 19.4 Å². The van der Waals surface area contributed by atoms with Crippen LogP contribution in [-0.4, -0.2) is 65.3 Å². The lowest BCUT2D eigenvalue weighted by Gasteiger charge is -2.39. The van der Waals surface area contributed by atoms with Gasteiger partial charge in [-0.3, -0.25) is 0 Å². The molecule has 17 heavy (non-hydrogen) atoms. The van der Waals surface area contributed by atoms with Gasteiger partial charge in [-0.15, -0.1) is 0 Å². The number of ether oxygens (including phenoxy) is 1. The molecule has 0 radical (unpaired) electrons. The quantitative estimate of drug-likeness (QED) is 0.773. The monoisotopic (exact) mass is 244 g/mol. The van der Waals surface area contributed by atoms with Gasteiger partial charge in [0.05, 0.1) is 18.8 Å². The predicted molar refractivity (Wildman–Crippen MR) is 61.8 cm³/mol. The minimum Gasteiger partial charge on any atom is -0.480 e. The van der Waals surface area contributed by atoms with E-state index in [-0.39, 0.29) is 18.2 Å². The van der Waals surface area contributed by atoms with E-state index in [1.807, 2.05) is 13.8 Å². The van der Waals surface area contributed by atoms with Crippen LogP contribution >= 0.6 is 0 Å². The molecule has 0 spiro atoms. The molecular formula is C11H20N2O4. The minimum atomic E-state index is -1.00. The van der Waals surface area contributed by atoms with Crippen LogP contribution in [0.25, 0.3) is 0 Å². The molecular weight excluding hydrogens is 224 g/mol. The van der Waals surface area contributed by atoms with Crippen molar-refractivity contribution in [1.29, 1.82) is 0 Å². The van der Waals surface area contributed by atoms with Crippen molar-refractivity contribution in [3.63, 3.8) is 0 Å². The smallest absolute Gasteiger partial charge is 0.326 e. The van der Waals surface area contributed by atoms with Crippen LogP contribution in [0.15, 0.2) is 0 Å². The van der Waals surface area contributed by atoms with E-state index in [4.69, 9.17) is 9.84 Å². The number of hydrogen-bond donors (Lipinski definition) is 1. The molecule has 1 N–H and O–H groups in total. The molecule has 0 aromatic heterocycles. The maximum Gasteiger partial charge on any atom is 0.326 e. The van der Waals surface area contributed by atoms with Crippen LogP contribution in [0.3, 0.4) is 0 Å². The number of nitrogens with zero attached hydrogens (tertiary/aromatic N) is 2. The summed E-state index contributed by atoms with van der Waals surface area (Å²) in [6, 6.07) is -1.11. The first kappa shape index (κ1) is 13.8. The molecule has 1 rings (SSSR count). The molecule has 2 amide bonds. The van der Waals surface area contributed by atoms with Gasteiger partial charge in [-0.05, 0) is 20.8 Å². The van der Waals surface area contributed by atoms with Gasteiger partial charge in [0.15, 0.2) is 0 Å². The van der Waals surface area contributed by atoms with Crippen molar-refractivity contribution in [1.82, 2.24) is 9.80 Å². The number of carboxylic acid groups (broad SMARTS) is 1. The molecule has 3 atom stereocenters. The second kappa shape index (κ2) is 5.35. The molecule has 6 nitrogen and oxygen atoms in total. The Morgan fingerprint density at radius 3 is 2.59 bits per heavy atom. The Bertz CT molecular complexity index is 308. The maximum atomic E-state index is 12.1. The highest BCUT2D eigenvalue weighted by molar-refractivity contribution is 5.82. The van der Waals surface area contributed by atoms with Gasteiger partial charge >= 0.3 is 12.0 Å². The third-order valence-corrected chi connectivity index (χ3v) is 3.09. The fourth-order valence-corrected chi connectivity index (χ4v) is 1.70. The zero-order chi connectivity index (χ0) is 13.2. The molecule has 0 aliphatic carbocycles. The lowest BCUT2D eigenvalue weighted by Crippen LogP contribution is -2.56. The number of amides is 2. The second-order valence-electron chi connectivity index (χ2n) is 4.55. The average molecular weight is 244 g/mol. The summed E-state index contributed by atoms with van der Waals surface area (Å²) in [6.45, 7) is 6.27. The van der Waals surface area contributed by atoms with Crippen LogP contribution < -0.4 is 0 Å². The highest BCUT2D eigenvalue weighted by Crippen LogP contribution is 2.14. The number of likely N-dealkylation sites (N-methyl/N-ethyl adjacent to an activating group) is 1. The Hall–Kier alpha value is -1.30. The predicted octanol–water partition coefficient (Wildman–Crippen LogP) is 0.621. The zero-order valence-electron chi connectivity index (χ0n) is 10.7. The van der Waals surface area contributed by atoms with Crippen LogP contribution in [0.4, 0.5) is 4.79 Å². The molecule has 98 valence electrons. The molecule has 1 saturated heterocycles. The largest absolute Gasteiger partial charge is 0.480 e. The SMILES string of the molecule is CC1CN(C(=O)N(C)C(C)C(=O)O)C(C)CO1. The summed E-state index contributed by atoms with van der Waals surface area (Å²) in [5.74, 6) is -1.00. The van der Waals surface area contributed by atoms with Gasteiger partial charge in [0, 0.05) is 13.6 Å². The van der Waals surface area contributed by atoms with E-state index in [1.165, 1.54) is 18.9 Å². The lowest BCUT2D eigenvalue weighted by atomic mass is 10.2. The van der Waals surface area contributed by atoms with Gasteiger partial charge in [0.25, 0.3) is 0 Å². The lowest BCUT2D eigenvalue weighted by molar-refractivity contribution is -0.141. The van der Waals surface area contributed by atoms with Crippen LogP contribution in [0, 0.1) is 0 Å². The van der Waals surface area contributed by atoms with Crippen LogP contribution in [0.1, 0.15) is 20.8 Å². The molecule has 6 heteroatoms. The van der Waals surface area contributed by atoms with Crippen molar-refractivity contribution >= 4 is 12.0 Å². The highest BCUT2D eigenvalue weighted by Gasteiger charge is 2.32. The van der Waals surface area contributed by atoms with Gasteiger partial charge in [0.1, 0.15) is 6.04 Å². The van der Waals surface area contributed by atoms with Gasteiger partial charge < -0.3 is 19.6 Å². The fraction of sp³-hybridized carbons (Fsp3) is 0.818. The van der Waals surface area contributed by atoms with E-state index >= 15 is 0 Å². The molecule has 0 bridgehead atoms. The Morgan fingerprint density at radius 2 is 2.06 bits per heavy atom. The van der Waals surface area contributed by atoms with E-state index in [0.717, 1.165) is 0 Å². The summed E-state index contributed by atoms with van der Waals surface area (Å²) in [6.07, 6.45) is -0.0105. The number of carbonyl (C=O) groups is 2. The van der Waals surface area contributed by atoms with E-state index in [0.29, 0.717) is 13.2 Å². The molecule has 3 unspecified atom stereocenters. The minimum absolute atomic E-state index is 0.0105. The van der Waals surface area contributed by atoms with Gasteiger partial charge in [-0.1, -0.05) is 0 Å². The zero-order valence-corrected chi connectivity index (χ0v) is 10.7. The van der Waals surface area contributed by atoms with Gasteiger partial charge in [-0.25, -0.2) is 9.59 Å². The van der Waals surface area contributed by atoms with E-state index in [2.05, 4.69) is 0 Å². The molecule has 1 aliphatic rings. The molecule has 0 aromatic rings. The number of hydrogen-bond acceptors (Lipinski definition) is 3. The summed E-state index contributed by atoms with van der Waals surface area (Å²) < 4.78 is 5.43. The van der Waals surface area contributed by atoms with Crippen LogP contribution in [-0.2, 0) is 9.53 Å². The number of rotatable bonds is 2. The standard InChI is InChI=1S/C11H20N2O4/c1-7-6-17-8(2)5-13(7)11(16)12(4)9(3)10(14)15/h7-9H,5-6H2,1-4H3,(H,14,15). The van der Waals surface area contributed by atoms with Crippen molar-refractivity contribution in [2.45, 2.75) is 39.0 Å². The first-order valence-corrected chi connectivity index (χ1v) is 5.72. The van der Waals surface area contributed by atoms with Crippen molar-refractivity contribution in [3.8, 4) is 0 Å². The van der Waals surface area contributed by atoms with Crippen molar-refractivity contribution in [3.05, 3.63) is 0 Å². The number of carboxylic acids is 1. The summed E-state index contributed by atoms with van der Waals surface area (Å²) in [5, 5.41) is 8.88. The number of urea groups is 1. The normalized spacial score (nSPS) is 26.5. The third kappa shape index (κ3) is 3.09. The average Bonchev–Trinajstić information content (AvgIpc) is 2.29. The van der Waals surface area contributed by atoms with Crippen molar-refractivity contribution in [2.24, 2.45) is 0 Å². The molecule has 0 saturated carbocycles.